The van der Waals surface area contributed by atoms with Crippen LogP contribution in [0.25, 0.3) is 0 Å². The number of nitrogens with two attached hydrogens (primary N) is 1. The Balaban J connectivity index is 1.93. The lowest BCUT2D eigenvalue weighted by molar-refractivity contribution is -0.0297. The van der Waals surface area contributed by atoms with Gasteiger partial charge in [0.15, 0.2) is 0 Å². The van der Waals surface area contributed by atoms with Crippen LogP contribution >= 0.6 is 0 Å². The Kier molecular flexibility index (Phi) is 9.13. The fourth-order valence-corrected chi connectivity index (χ4v) is 2.84. The van der Waals surface area contributed by atoms with Gasteiger partial charge in [-0.3, -0.25) is 9.59 Å². The fraction of sp³-hybridized carbons (Fsp3) is 0.400. The third kappa shape index (κ3) is 7.69. The monoisotopic (exact) mass is 454 g/mol. The van der Waals surface area contributed by atoms with Crippen LogP contribution < -0.4 is 21.1 Å². The zero-order valence-corrected chi connectivity index (χ0v) is 19.8. The maximum absolute atomic E-state index is 12.6. The van der Waals surface area contributed by atoms with Gasteiger partial charge in [-0.05, 0) is 58.0 Å². The Morgan fingerprint density at radius 2 is 1.97 bits per heavy atom. The second-order valence-corrected chi connectivity index (χ2v) is 8.35. The summed E-state index contributed by atoms with van der Waals surface area (Å²) in [5, 5.41) is 6.21. The molecule has 0 saturated heterocycles. The number of pyridine rings is 1. The van der Waals surface area contributed by atoms with E-state index in [4.69, 9.17) is 15.2 Å². The highest BCUT2D eigenvalue weighted by atomic mass is 16.5. The van der Waals surface area contributed by atoms with Crippen molar-refractivity contribution >= 4 is 11.8 Å². The van der Waals surface area contributed by atoms with Crippen LogP contribution in [0, 0.1) is 0 Å². The molecule has 0 saturated carbocycles. The van der Waals surface area contributed by atoms with Crippen molar-refractivity contribution in [1.29, 1.82) is 0 Å². The summed E-state index contributed by atoms with van der Waals surface area (Å²) < 4.78 is 11.8. The smallest absolute Gasteiger partial charge is 0.251 e. The van der Waals surface area contributed by atoms with Crippen molar-refractivity contribution in [3.8, 4) is 11.6 Å². The lowest BCUT2D eigenvalue weighted by Gasteiger charge is -2.34. The molecular formula is C25H34N4O4. The van der Waals surface area contributed by atoms with Gasteiger partial charge < -0.3 is 25.8 Å². The van der Waals surface area contributed by atoms with Gasteiger partial charge in [0.1, 0.15) is 5.75 Å². The number of rotatable bonds is 13. The summed E-state index contributed by atoms with van der Waals surface area (Å²) in [5.41, 5.74) is 5.27. The van der Waals surface area contributed by atoms with E-state index in [0.717, 1.165) is 6.42 Å². The standard InChI is InChI=1S/C25H34N4O4/c1-6-24(3,27-5)17-32-25(4,7-2)13-14-28-23(31)18-9-8-10-20(15-18)33-21-12-11-19(16-29-21)22(26)30/h7-12,15-16,27H,2,6,13-14,17H2,1,3-5H3,(H2,26,30)(H,28,31). The van der Waals surface area contributed by atoms with Gasteiger partial charge in [0.25, 0.3) is 5.91 Å². The first-order chi connectivity index (χ1) is 15.6. The SMILES string of the molecule is C=CC(C)(CCNC(=O)c1cccc(Oc2ccc(C(N)=O)cn2)c1)OCC(C)(CC)NC. The van der Waals surface area contributed by atoms with Crippen molar-refractivity contribution < 1.29 is 19.1 Å². The van der Waals surface area contributed by atoms with Crippen LogP contribution in [0.5, 0.6) is 11.6 Å². The molecule has 1 aromatic heterocycles. The third-order valence-corrected chi connectivity index (χ3v) is 5.78. The Bertz CT molecular complexity index is 957. The molecule has 2 rings (SSSR count). The number of primary amides is 1. The van der Waals surface area contributed by atoms with Crippen molar-refractivity contribution in [2.24, 2.45) is 5.73 Å². The van der Waals surface area contributed by atoms with Gasteiger partial charge >= 0.3 is 0 Å². The Hall–Kier alpha value is -3.23. The molecule has 178 valence electrons. The first-order valence-corrected chi connectivity index (χ1v) is 10.9. The van der Waals surface area contributed by atoms with E-state index in [1.165, 1.54) is 12.3 Å². The maximum atomic E-state index is 12.6. The molecular weight excluding hydrogens is 420 g/mol. The highest BCUT2D eigenvalue weighted by Gasteiger charge is 2.27. The minimum absolute atomic E-state index is 0.122. The van der Waals surface area contributed by atoms with E-state index < -0.39 is 11.5 Å². The minimum Gasteiger partial charge on any atom is -0.439 e. The lowest BCUT2D eigenvalue weighted by Crippen LogP contribution is -2.46. The second kappa shape index (κ2) is 11.6. The molecule has 2 unspecified atom stereocenters. The molecule has 4 N–H and O–H groups in total. The van der Waals surface area contributed by atoms with Crippen molar-refractivity contribution in [3.63, 3.8) is 0 Å². The van der Waals surface area contributed by atoms with Crippen LogP contribution in [0.3, 0.4) is 0 Å². The van der Waals surface area contributed by atoms with Crippen molar-refractivity contribution in [3.05, 3.63) is 66.4 Å². The average Bonchev–Trinajstić information content (AvgIpc) is 2.83. The molecule has 0 bridgehead atoms. The Morgan fingerprint density at radius 3 is 2.55 bits per heavy atom. The van der Waals surface area contributed by atoms with Gasteiger partial charge in [0.05, 0.1) is 17.8 Å². The number of nitrogens with one attached hydrogen (secondary N) is 2. The summed E-state index contributed by atoms with van der Waals surface area (Å²) in [7, 11) is 1.92. The number of hydrogen-bond acceptors (Lipinski definition) is 6. The number of nitrogens with zero attached hydrogens (tertiary/aromatic N) is 1. The molecule has 33 heavy (non-hydrogen) atoms. The predicted molar refractivity (Wildman–Crippen MR) is 129 cm³/mol. The molecule has 0 fully saturated rings. The number of benzene rings is 1. The number of aromatic nitrogens is 1. The first-order valence-electron chi connectivity index (χ1n) is 10.9. The molecule has 0 aliphatic heterocycles. The molecule has 0 radical (unpaired) electrons. The summed E-state index contributed by atoms with van der Waals surface area (Å²) in [4.78, 5) is 27.8. The molecule has 8 heteroatoms. The van der Waals surface area contributed by atoms with E-state index in [2.05, 4.69) is 36.0 Å². The lowest BCUT2D eigenvalue weighted by atomic mass is 9.98. The van der Waals surface area contributed by atoms with Gasteiger partial charge in [0, 0.05) is 29.9 Å². The van der Waals surface area contributed by atoms with E-state index in [1.807, 2.05) is 14.0 Å². The predicted octanol–water partition coefficient (Wildman–Crippen LogP) is 3.44. The zero-order valence-electron chi connectivity index (χ0n) is 19.8. The minimum atomic E-state index is -0.563. The van der Waals surface area contributed by atoms with Crippen molar-refractivity contribution in [2.45, 2.75) is 44.8 Å². The summed E-state index contributed by atoms with van der Waals surface area (Å²) in [6.07, 6.45) is 4.62. The molecule has 2 atom stereocenters. The van der Waals surface area contributed by atoms with Gasteiger partial charge in [-0.2, -0.15) is 0 Å². The van der Waals surface area contributed by atoms with Crippen LogP contribution in [0.4, 0.5) is 0 Å². The van der Waals surface area contributed by atoms with Crippen molar-refractivity contribution in [2.75, 3.05) is 20.2 Å². The molecule has 1 aromatic carbocycles. The number of amides is 2. The fourth-order valence-electron chi connectivity index (χ4n) is 2.84. The molecule has 0 aliphatic rings. The van der Waals surface area contributed by atoms with Gasteiger partial charge in [-0.15, -0.1) is 6.58 Å². The highest BCUT2D eigenvalue weighted by molar-refractivity contribution is 5.94. The quantitative estimate of drug-likeness (QED) is 0.399. The van der Waals surface area contributed by atoms with E-state index >= 15 is 0 Å². The van der Waals surface area contributed by atoms with E-state index in [-0.39, 0.29) is 22.9 Å². The molecule has 2 amide bonds. The van der Waals surface area contributed by atoms with Gasteiger partial charge in [-0.1, -0.05) is 19.1 Å². The van der Waals surface area contributed by atoms with E-state index in [1.54, 1.807) is 36.4 Å². The van der Waals surface area contributed by atoms with Crippen LogP contribution in [0.1, 0.15) is 54.3 Å². The summed E-state index contributed by atoms with van der Waals surface area (Å²) in [6, 6.07) is 9.84. The average molecular weight is 455 g/mol. The molecule has 2 aromatic rings. The number of hydrogen-bond donors (Lipinski definition) is 3. The second-order valence-electron chi connectivity index (χ2n) is 8.35. The van der Waals surface area contributed by atoms with Gasteiger partial charge in [0.2, 0.25) is 11.8 Å². The molecule has 0 spiro atoms. The van der Waals surface area contributed by atoms with E-state index in [9.17, 15) is 9.59 Å². The molecule has 1 heterocycles. The summed E-state index contributed by atoms with van der Waals surface area (Å²) in [6.45, 7) is 11.0. The third-order valence-electron chi connectivity index (χ3n) is 5.78. The Morgan fingerprint density at radius 1 is 1.21 bits per heavy atom. The van der Waals surface area contributed by atoms with Crippen LogP contribution in [-0.2, 0) is 4.74 Å². The van der Waals surface area contributed by atoms with Gasteiger partial charge in [-0.25, -0.2) is 4.98 Å². The zero-order chi connectivity index (χ0) is 24.5. The normalized spacial score (nSPS) is 14.5. The largest absolute Gasteiger partial charge is 0.439 e. The van der Waals surface area contributed by atoms with Crippen molar-refractivity contribution in [1.82, 2.24) is 15.6 Å². The highest BCUT2D eigenvalue weighted by Crippen LogP contribution is 2.22. The summed E-state index contributed by atoms with van der Waals surface area (Å²) >= 11 is 0. The maximum Gasteiger partial charge on any atom is 0.251 e. The topological polar surface area (TPSA) is 116 Å². The van der Waals surface area contributed by atoms with Crippen LogP contribution in [0.15, 0.2) is 55.3 Å². The number of ether oxygens (including phenoxy) is 2. The first kappa shape index (κ1) is 26.0. The van der Waals surface area contributed by atoms with E-state index in [0.29, 0.717) is 30.9 Å². The van der Waals surface area contributed by atoms with Crippen LogP contribution in [0.2, 0.25) is 0 Å². The Labute approximate surface area is 195 Å². The molecule has 8 nitrogen and oxygen atoms in total. The number of carbonyl (C=O) groups excluding carboxylic acids is 2. The molecule has 0 aliphatic carbocycles. The number of likely N-dealkylation sites (N-methyl/N-ethyl adjacent to an activating group) is 1. The summed E-state index contributed by atoms with van der Waals surface area (Å²) in [5.74, 6) is -0.0474. The number of carbonyl (C=O) groups is 2. The van der Waals surface area contributed by atoms with Crippen LogP contribution in [-0.4, -0.2) is 48.1 Å².